The Balaban J connectivity index is 2.56. The fraction of sp³-hybridized carbons (Fsp3) is 0.300. The second-order valence-electron chi connectivity index (χ2n) is 3.58. The number of benzene rings is 1. The topological polar surface area (TPSA) is 17.8 Å². The number of hydrogen-bond acceptors (Lipinski definition) is 1. The molecule has 0 fully saturated rings. The maximum atomic E-state index is 12.3. The highest BCUT2D eigenvalue weighted by molar-refractivity contribution is 9.10. The van der Waals surface area contributed by atoms with Crippen molar-refractivity contribution in [2.75, 3.05) is 0 Å². The van der Waals surface area contributed by atoms with Crippen molar-refractivity contribution in [2.24, 2.45) is 0 Å². The third-order valence-corrected chi connectivity index (χ3v) is 2.68. The van der Waals surface area contributed by atoms with E-state index < -0.39 is 12.7 Å². The summed E-state index contributed by atoms with van der Waals surface area (Å²) in [7, 11) is 0. The van der Waals surface area contributed by atoms with Gasteiger partial charge in [-0.2, -0.15) is 18.3 Å². The smallest absolute Gasteiger partial charge is 0.255 e. The van der Waals surface area contributed by atoms with Crippen LogP contribution in [0.4, 0.5) is 13.2 Å². The molecule has 0 spiro atoms. The van der Waals surface area contributed by atoms with E-state index in [-0.39, 0.29) is 0 Å². The molecule has 0 saturated heterocycles. The first-order chi connectivity index (χ1) is 7.37. The average Bonchev–Trinajstić information content (AvgIpc) is 2.44. The van der Waals surface area contributed by atoms with Gasteiger partial charge >= 0.3 is 6.18 Å². The Morgan fingerprint density at radius 3 is 2.69 bits per heavy atom. The number of rotatable bonds is 1. The molecule has 16 heavy (non-hydrogen) atoms. The van der Waals surface area contributed by atoms with E-state index in [1.807, 2.05) is 0 Å². The molecule has 0 aliphatic heterocycles. The summed E-state index contributed by atoms with van der Waals surface area (Å²) in [5.41, 5.74) is 1.30. The van der Waals surface area contributed by atoms with E-state index in [1.165, 1.54) is 6.20 Å². The Labute approximate surface area is 98.2 Å². The second kappa shape index (κ2) is 3.76. The molecular formula is C10H8BrF3N2. The Hall–Kier alpha value is -1.04. The Morgan fingerprint density at radius 2 is 2.06 bits per heavy atom. The molecule has 2 rings (SSSR count). The van der Waals surface area contributed by atoms with E-state index in [2.05, 4.69) is 21.0 Å². The first kappa shape index (κ1) is 11.4. The first-order valence-electron chi connectivity index (χ1n) is 4.55. The fourth-order valence-electron chi connectivity index (χ4n) is 1.69. The zero-order chi connectivity index (χ0) is 11.9. The van der Waals surface area contributed by atoms with Crippen LogP contribution in [0.3, 0.4) is 0 Å². The van der Waals surface area contributed by atoms with Crippen LogP contribution in [0.15, 0.2) is 22.8 Å². The van der Waals surface area contributed by atoms with Crippen LogP contribution in [-0.2, 0) is 6.54 Å². The van der Waals surface area contributed by atoms with Gasteiger partial charge in [-0.05, 0) is 24.6 Å². The molecule has 0 aliphatic rings. The summed E-state index contributed by atoms with van der Waals surface area (Å²) in [5.74, 6) is 0. The van der Waals surface area contributed by atoms with Gasteiger partial charge < -0.3 is 0 Å². The van der Waals surface area contributed by atoms with Gasteiger partial charge in [0.05, 0.1) is 11.7 Å². The molecular weight excluding hydrogens is 285 g/mol. The molecule has 2 aromatic rings. The Morgan fingerprint density at radius 1 is 1.38 bits per heavy atom. The third kappa shape index (κ3) is 2.21. The van der Waals surface area contributed by atoms with Crippen molar-refractivity contribution in [1.82, 2.24) is 9.78 Å². The molecule has 1 aromatic heterocycles. The molecule has 0 saturated carbocycles. The van der Waals surface area contributed by atoms with Crippen molar-refractivity contribution in [2.45, 2.75) is 19.6 Å². The molecule has 0 unspecified atom stereocenters. The number of halogens is 4. The molecule has 0 radical (unpaired) electrons. The molecule has 0 amide bonds. The third-order valence-electron chi connectivity index (χ3n) is 2.22. The van der Waals surface area contributed by atoms with Crippen LogP contribution in [0.25, 0.3) is 10.9 Å². The molecule has 0 atom stereocenters. The van der Waals surface area contributed by atoms with Crippen LogP contribution in [-0.4, -0.2) is 16.0 Å². The summed E-state index contributed by atoms with van der Waals surface area (Å²) in [5, 5.41) is 4.46. The number of aryl methyl sites for hydroxylation is 1. The van der Waals surface area contributed by atoms with E-state index in [4.69, 9.17) is 0 Å². The largest absolute Gasteiger partial charge is 0.408 e. The summed E-state index contributed by atoms with van der Waals surface area (Å²) in [6.07, 6.45) is -2.81. The highest BCUT2D eigenvalue weighted by Crippen LogP contribution is 2.26. The van der Waals surface area contributed by atoms with Crippen LogP contribution in [0.1, 0.15) is 5.56 Å². The van der Waals surface area contributed by atoms with Crippen LogP contribution >= 0.6 is 15.9 Å². The number of fused-ring (bicyclic) bond motifs is 1. The average molecular weight is 293 g/mol. The van der Waals surface area contributed by atoms with Crippen molar-refractivity contribution < 1.29 is 13.2 Å². The fourth-order valence-corrected chi connectivity index (χ4v) is 2.28. The molecule has 1 heterocycles. The van der Waals surface area contributed by atoms with Gasteiger partial charge in [0.1, 0.15) is 6.54 Å². The molecule has 2 nitrogen and oxygen atoms in total. The summed E-state index contributed by atoms with van der Waals surface area (Å²) in [4.78, 5) is 0. The van der Waals surface area contributed by atoms with Crippen molar-refractivity contribution in [3.8, 4) is 0 Å². The summed E-state index contributed by atoms with van der Waals surface area (Å²) in [6.45, 7) is 0.709. The SMILES string of the molecule is Cc1cc(Br)cc2cnn(CC(F)(F)F)c12. The quantitative estimate of drug-likeness (QED) is 0.784. The van der Waals surface area contributed by atoms with E-state index in [0.717, 1.165) is 14.7 Å². The Bertz CT molecular complexity index is 531. The van der Waals surface area contributed by atoms with Crippen molar-refractivity contribution >= 4 is 26.8 Å². The van der Waals surface area contributed by atoms with Gasteiger partial charge in [0.15, 0.2) is 0 Å². The molecule has 86 valence electrons. The predicted octanol–water partition coefficient (Wildman–Crippen LogP) is 3.67. The van der Waals surface area contributed by atoms with Gasteiger partial charge in [0.2, 0.25) is 0 Å². The minimum absolute atomic E-state index is 0.528. The minimum Gasteiger partial charge on any atom is -0.255 e. The summed E-state index contributed by atoms with van der Waals surface area (Å²) in [6, 6.07) is 3.53. The lowest BCUT2D eigenvalue weighted by Crippen LogP contribution is -2.18. The van der Waals surface area contributed by atoms with Gasteiger partial charge in [-0.1, -0.05) is 15.9 Å². The lowest BCUT2D eigenvalue weighted by atomic mass is 10.2. The number of hydrogen-bond donors (Lipinski definition) is 0. The molecule has 1 aromatic carbocycles. The summed E-state index contributed by atoms with van der Waals surface area (Å²) >= 11 is 3.29. The van der Waals surface area contributed by atoms with Crippen molar-refractivity contribution in [1.29, 1.82) is 0 Å². The van der Waals surface area contributed by atoms with E-state index in [9.17, 15) is 13.2 Å². The van der Waals surface area contributed by atoms with Gasteiger partial charge in [0, 0.05) is 9.86 Å². The van der Waals surface area contributed by atoms with E-state index in [0.29, 0.717) is 10.9 Å². The lowest BCUT2D eigenvalue weighted by Gasteiger charge is -2.09. The lowest BCUT2D eigenvalue weighted by molar-refractivity contribution is -0.141. The normalized spacial score (nSPS) is 12.3. The zero-order valence-corrected chi connectivity index (χ0v) is 9.93. The zero-order valence-electron chi connectivity index (χ0n) is 8.35. The maximum absolute atomic E-state index is 12.3. The highest BCUT2D eigenvalue weighted by Gasteiger charge is 2.29. The molecule has 0 N–H and O–H groups in total. The standard InChI is InChI=1S/C10H8BrF3N2/c1-6-2-8(11)3-7-4-15-16(9(6)7)5-10(12,13)14/h2-4H,5H2,1H3. The maximum Gasteiger partial charge on any atom is 0.408 e. The van der Waals surface area contributed by atoms with Crippen LogP contribution in [0.2, 0.25) is 0 Å². The van der Waals surface area contributed by atoms with Crippen molar-refractivity contribution in [3.63, 3.8) is 0 Å². The van der Waals surface area contributed by atoms with Crippen LogP contribution in [0, 0.1) is 6.92 Å². The van der Waals surface area contributed by atoms with Crippen LogP contribution in [0.5, 0.6) is 0 Å². The number of nitrogens with zero attached hydrogens (tertiary/aromatic N) is 2. The van der Waals surface area contributed by atoms with Gasteiger partial charge in [-0.25, -0.2) is 0 Å². The molecule has 6 heteroatoms. The minimum atomic E-state index is -4.25. The van der Waals surface area contributed by atoms with Crippen molar-refractivity contribution in [3.05, 3.63) is 28.4 Å². The van der Waals surface area contributed by atoms with Gasteiger partial charge in [-0.15, -0.1) is 0 Å². The Kier molecular flexibility index (Phi) is 2.69. The highest BCUT2D eigenvalue weighted by atomic mass is 79.9. The van der Waals surface area contributed by atoms with Gasteiger partial charge in [0.25, 0.3) is 0 Å². The first-order valence-corrected chi connectivity index (χ1v) is 5.34. The predicted molar refractivity (Wildman–Crippen MR) is 58.2 cm³/mol. The second-order valence-corrected chi connectivity index (χ2v) is 4.49. The van der Waals surface area contributed by atoms with Crippen LogP contribution < -0.4 is 0 Å². The van der Waals surface area contributed by atoms with E-state index in [1.54, 1.807) is 19.1 Å². The van der Waals surface area contributed by atoms with Gasteiger partial charge in [-0.3, -0.25) is 4.68 Å². The monoisotopic (exact) mass is 292 g/mol. The van der Waals surface area contributed by atoms with E-state index >= 15 is 0 Å². The molecule has 0 bridgehead atoms. The number of alkyl halides is 3. The molecule has 0 aliphatic carbocycles. The summed E-state index contributed by atoms with van der Waals surface area (Å²) < 4.78 is 38.7. The number of aromatic nitrogens is 2.